The van der Waals surface area contributed by atoms with Gasteiger partial charge in [0.1, 0.15) is 5.82 Å². The highest BCUT2D eigenvalue weighted by Crippen LogP contribution is 2.26. The van der Waals surface area contributed by atoms with Crippen molar-refractivity contribution in [3.63, 3.8) is 0 Å². The summed E-state index contributed by atoms with van der Waals surface area (Å²) in [6.07, 6.45) is 0. The zero-order valence-corrected chi connectivity index (χ0v) is 21.6. The molecule has 34 heavy (non-hydrogen) atoms. The molecule has 7 heteroatoms. The molecule has 3 aromatic rings. The fourth-order valence-corrected chi connectivity index (χ4v) is 4.14. The van der Waals surface area contributed by atoms with Gasteiger partial charge in [0.2, 0.25) is 0 Å². The molecule has 0 atom stereocenters. The summed E-state index contributed by atoms with van der Waals surface area (Å²) in [5.74, 6) is 1.94. The second kappa shape index (κ2) is 12.5. The summed E-state index contributed by atoms with van der Waals surface area (Å²) in [6, 6.07) is 20.3. The van der Waals surface area contributed by atoms with Gasteiger partial charge in [-0.3, -0.25) is 4.79 Å². The third-order valence-corrected chi connectivity index (χ3v) is 6.30. The summed E-state index contributed by atoms with van der Waals surface area (Å²) in [6.45, 7) is 6.55. The van der Waals surface area contributed by atoms with Gasteiger partial charge in [-0.25, -0.2) is 9.97 Å². The Balaban J connectivity index is 1.65. The van der Waals surface area contributed by atoms with Crippen LogP contribution >= 0.6 is 11.8 Å². The van der Waals surface area contributed by atoms with Crippen molar-refractivity contribution >= 4 is 23.5 Å². The highest BCUT2D eigenvalue weighted by atomic mass is 32.2. The largest absolute Gasteiger partial charge is 0.355 e. The van der Waals surface area contributed by atoms with Crippen molar-refractivity contribution in [1.29, 1.82) is 0 Å². The Kier molecular flexibility index (Phi) is 9.48. The van der Waals surface area contributed by atoms with Gasteiger partial charge in [0, 0.05) is 49.8 Å². The van der Waals surface area contributed by atoms with Crippen molar-refractivity contribution in [2.45, 2.75) is 37.2 Å². The number of anilines is 1. The number of hydrogen-bond acceptors (Lipinski definition) is 6. The number of carbonyl (C=O) groups excluding carboxylic acids is 1. The third kappa shape index (κ3) is 7.85. The van der Waals surface area contributed by atoms with Crippen molar-refractivity contribution in [2.24, 2.45) is 0 Å². The molecule has 0 radical (unpaired) electrons. The zero-order chi connectivity index (χ0) is 24.5. The summed E-state index contributed by atoms with van der Waals surface area (Å²) in [5.41, 5.74) is 4.09. The van der Waals surface area contributed by atoms with Crippen molar-refractivity contribution < 1.29 is 4.79 Å². The van der Waals surface area contributed by atoms with Gasteiger partial charge >= 0.3 is 0 Å². The number of nitrogens with one attached hydrogen (secondary N) is 1. The molecular formula is C27H35N5OS. The minimum absolute atomic E-state index is 0.0416. The Morgan fingerprint density at radius 1 is 0.971 bits per heavy atom. The summed E-state index contributed by atoms with van der Waals surface area (Å²) in [7, 11) is 6.04. The van der Waals surface area contributed by atoms with Gasteiger partial charge < -0.3 is 15.1 Å². The highest BCUT2D eigenvalue weighted by Gasteiger charge is 2.12. The van der Waals surface area contributed by atoms with Crippen LogP contribution in [0.5, 0.6) is 0 Å². The quantitative estimate of drug-likeness (QED) is 0.316. The van der Waals surface area contributed by atoms with Gasteiger partial charge in [-0.05, 0) is 43.3 Å². The highest BCUT2D eigenvalue weighted by molar-refractivity contribution is 7.98. The third-order valence-electron chi connectivity index (χ3n) is 5.39. The molecule has 3 rings (SSSR count). The predicted octanol–water partition coefficient (Wildman–Crippen LogP) is 4.82. The second-order valence-corrected chi connectivity index (χ2v) is 9.92. The number of carbonyl (C=O) groups is 1. The lowest BCUT2D eigenvalue weighted by molar-refractivity contribution is 0.0951. The Hall–Kier alpha value is -2.90. The van der Waals surface area contributed by atoms with Crippen LogP contribution in [0.1, 0.15) is 46.9 Å². The van der Waals surface area contributed by atoms with Gasteiger partial charge in [0.15, 0.2) is 5.16 Å². The maximum atomic E-state index is 12.3. The van der Waals surface area contributed by atoms with Crippen LogP contribution in [0.4, 0.5) is 5.82 Å². The van der Waals surface area contributed by atoms with Crippen LogP contribution in [0.15, 0.2) is 65.8 Å². The van der Waals surface area contributed by atoms with E-state index in [1.54, 1.807) is 11.8 Å². The average Bonchev–Trinajstić information content (AvgIpc) is 2.83. The number of rotatable bonds is 11. The first-order chi connectivity index (χ1) is 16.3. The fourth-order valence-electron chi connectivity index (χ4n) is 3.32. The maximum absolute atomic E-state index is 12.3. The summed E-state index contributed by atoms with van der Waals surface area (Å²) in [4.78, 5) is 26.1. The standard InChI is InChI=1S/C27H35N5OS/c1-20(2)24-17-25(32(5)18-21-9-7-6-8-10-21)30-27(29-24)34-19-22-11-13-23(14-12-22)26(33)28-15-16-31(3)4/h6-14,17,20H,15-16,18-19H2,1-5H3,(H,28,33). The van der Waals surface area contributed by atoms with E-state index in [9.17, 15) is 4.79 Å². The van der Waals surface area contributed by atoms with E-state index >= 15 is 0 Å². The van der Waals surface area contributed by atoms with Crippen LogP contribution < -0.4 is 10.2 Å². The van der Waals surface area contributed by atoms with Crippen molar-refractivity contribution in [3.8, 4) is 0 Å². The summed E-state index contributed by atoms with van der Waals surface area (Å²) < 4.78 is 0. The molecular weight excluding hydrogens is 442 g/mol. The molecule has 0 spiro atoms. The van der Waals surface area contributed by atoms with E-state index in [-0.39, 0.29) is 5.91 Å². The molecule has 0 aliphatic carbocycles. The fraction of sp³-hybridized carbons (Fsp3) is 0.370. The molecule has 0 saturated heterocycles. The number of benzene rings is 2. The lowest BCUT2D eigenvalue weighted by Crippen LogP contribution is -2.31. The number of hydrogen-bond donors (Lipinski definition) is 1. The first kappa shape index (κ1) is 25.7. The van der Waals surface area contributed by atoms with E-state index in [1.165, 1.54) is 5.56 Å². The van der Waals surface area contributed by atoms with Gasteiger partial charge in [-0.15, -0.1) is 0 Å². The normalized spacial score (nSPS) is 11.1. The molecule has 0 aliphatic heterocycles. The van der Waals surface area contributed by atoms with E-state index < -0.39 is 0 Å². The molecule has 1 N–H and O–H groups in total. The molecule has 2 aromatic carbocycles. The van der Waals surface area contributed by atoms with Gasteiger partial charge in [0.05, 0.1) is 0 Å². The van der Waals surface area contributed by atoms with E-state index in [0.29, 0.717) is 18.0 Å². The average molecular weight is 478 g/mol. The molecule has 1 amide bonds. The van der Waals surface area contributed by atoms with E-state index in [4.69, 9.17) is 9.97 Å². The van der Waals surface area contributed by atoms with Crippen molar-refractivity contribution in [2.75, 3.05) is 39.1 Å². The lowest BCUT2D eigenvalue weighted by Gasteiger charge is -2.20. The van der Waals surface area contributed by atoms with Crippen LogP contribution in [0.25, 0.3) is 0 Å². The molecule has 0 aliphatic rings. The van der Waals surface area contributed by atoms with Gasteiger partial charge in [0.25, 0.3) is 5.91 Å². The Bertz CT molecular complexity index is 1050. The van der Waals surface area contributed by atoms with Crippen LogP contribution in [-0.2, 0) is 12.3 Å². The molecule has 0 saturated carbocycles. The summed E-state index contributed by atoms with van der Waals surface area (Å²) >= 11 is 1.62. The molecule has 0 unspecified atom stereocenters. The van der Waals surface area contributed by atoms with Gasteiger partial charge in [-0.1, -0.05) is 68.1 Å². The van der Waals surface area contributed by atoms with Crippen molar-refractivity contribution in [1.82, 2.24) is 20.2 Å². The summed E-state index contributed by atoms with van der Waals surface area (Å²) in [5, 5.41) is 3.72. The first-order valence-electron chi connectivity index (χ1n) is 11.6. The second-order valence-electron chi connectivity index (χ2n) is 8.97. The van der Waals surface area contributed by atoms with E-state index in [2.05, 4.69) is 61.4 Å². The first-order valence-corrected chi connectivity index (χ1v) is 12.6. The predicted molar refractivity (Wildman–Crippen MR) is 142 cm³/mol. The number of likely N-dealkylation sites (N-methyl/N-ethyl adjacent to an activating group) is 1. The minimum Gasteiger partial charge on any atom is -0.355 e. The van der Waals surface area contributed by atoms with Gasteiger partial charge in [-0.2, -0.15) is 0 Å². The SMILES string of the molecule is CC(C)c1cc(N(C)Cc2ccccc2)nc(SCc2ccc(C(=O)NCCN(C)C)cc2)n1. The number of nitrogens with zero attached hydrogens (tertiary/aromatic N) is 4. The van der Waals surface area contributed by atoms with Crippen LogP contribution in [0.3, 0.4) is 0 Å². The molecule has 6 nitrogen and oxygen atoms in total. The Labute approximate surface area is 207 Å². The molecule has 1 heterocycles. The monoisotopic (exact) mass is 477 g/mol. The Morgan fingerprint density at radius 3 is 2.32 bits per heavy atom. The maximum Gasteiger partial charge on any atom is 0.251 e. The smallest absolute Gasteiger partial charge is 0.251 e. The van der Waals surface area contributed by atoms with Crippen LogP contribution in [-0.4, -0.2) is 55.0 Å². The molecule has 0 bridgehead atoms. The van der Waals surface area contributed by atoms with E-state index in [0.717, 1.165) is 41.1 Å². The number of thioether (sulfide) groups is 1. The van der Waals surface area contributed by atoms with Crippen LogP contribution in [0, 0.1) is 0 Å². The zero-order valence-electron chi connectivity index (χ0n) is 20.8. The van der Waals surface area contributed by atoms with Crippen molar-refractivity contribution in [3.05, 3.63) is 83.0 Å². The van der Waals surface area contributed by atoms with E-state index in [1.807, 2.05) is 49.3 Å². The number of aromatic nitrogens is 2. The van der Waals surface area contributed by atoms with Crippen LogP contribution in [0.2, 0.25) is 0 Å². The molecule has 1 aromatic heterocycles. The topological polar surface area (TPSA) is 61.4 Å². The minimum atomic E-state index is -0.0416. The Morgan fingerprint density at radius 2 is 1.68 bits per heavy atom. The molecule has 180 valence electrons. The lowest BCUT2D eigenvalue weighted by atomic mass is 10.1. The molecule has 0 fully saturated rings. The number of amides is 1.